The number of rotatable bonds is 6. The number of hydrogen-bond acceptors (Lipinski definition) is 2. The van der Waals surface area contributed by atoms with Crippen LogP contribution in [0.1, 0.15) is 37.7 Å². The molecule has 250 valence electrons. The first-order valence-corrected chi connectivity index (χ1v) is 16.6. The molecule has 0 aliphatic carbocycles. The van der Waals surface area contributed by atoms with E-state index < -0.39 is 0 Å². The number of pyridine rings is 1. The fraction of sp³-hybridized carbons (Fsp3) is 0.136. The van der Waals surface area contributed by atoms with E-state index in [0.717, 1.165) is 55.9 Å². The maximum atomic E-state index is 6.46. The molecular formula is C44H36N4OPt-2. The molecule has 0 N–H and O–H groups in total. The van der Waals surface area contributed by atoms with E-state index in [1.165, 1.54) is 11.1 Å². The second-order valence-corrected chi connectivity index (χ2v) is 13.5. The first kappa shape index (κ1) is 33.3. The number of para-hydroxylation sites is 1. The average Bonchev–Trinajstić information content (AvgIpc) is 3.61. The van der Waals surface area contributed by atoms with Crippen molar-refractivity contribution in [2.45, 2.75) is 40.0 Å². The molecule has 0 fully saturated rings. The molecule has 3 aromatic heterocycles. The van der Waals surface area contributed by atoms with Crippen LogP contribution in [0.15, 0.2) is 128 Å². The number of hydrogen-bond donors (Lipinski definition) is 0. The molecule has 0 atom stereocenters. The predicted octanol–water partition coefficient (Wildman–Crippen LogP) is 10.0. The summed E-state index contributed by atoms with van der Waals surface area (Å²) in [4.78, 5) is 4.80. The summed E-state index contributed by atoms with van der Waals surface area (Å²) in [5.41, 5.74) is 9.61. The third kappa shape index (κ3) is 6.07. The van der Waals surface area contributed by atoms with Crippen molar-refractivity contribution in [2.75, 3.05) is 0 Å². The summed E-state index contributed by atoms with van der Waals surface area (Å²) in [6.45, 7) is 10.9. The van der Waals surface area contributed by atoms with Gasteiger partial charge in [0.1, 0.15) is 5.82 Å². The van der Waals surface area contributed by atoms with Gasteiger partial charge in [0.15, 0.2) is 0 Å². The van der Waals surface area contributed by atoms with Crippen LogP contribution in [0.25, 0.3) is 50.1 Å². The second kappa shape index (κ2) is 13.2. The molecule has 0 saturated carbocycles. The first-order chi connectivity index (χ1) is 23.7. The summed E-state index contributed by atoms with van der Waals surface area (Å²) >= 11 is 0. The van der Waals surface area contributed by atoms with E-state index in [-0.39, 0.29) is 26.5 Å². The zero-order valence-corrected chi connectivity index (χ0v) is 30.9. The Hall–Kier alpha value is -5.25. The number of benzene rings is 5. The Morgan fingerprint density at radius 2 is 1.44 bits per heavy atom. The van der Waals surface area contributed by atoms with Gasteiger partial charge in [-0.3, -0.25) is 4.57 Å². The van der Waals surface area contributed by atoms with Crippen LogP contribution in [0.3, 0.4) is 0 Å². The van der Waals surface area contributed by atoms with Crippen LogP contribution in [0.2, 0.25) is 0 Å². The molecule has 0 bridgehead atoms. The summed E-state index contributed by atoms with van der Waals surface area (Å²) in [5.74, 6) is 2.06. The van der Waals surface area contributed by atoms with Gasteiger partial charge in [-0.05, 0) is 77.4 Å². The van der Waals surface area contributed by atoms with Crippen LogP contribution in [0, 0.1) is 32.3 Å². The number of ether oxygens (including phenoxy) is 1. The molecule has 0 aliphatic rings. The second-order valence-electron chi connectivity index (χ2n) is 13.5. The molecule has 3 heterocycles. The summed E-state index contributed by atoms with van der Waals surface area (Å²) in [7, 11) is 0. The van der Waals surface area contributed by atoms with Crippen LogP contribution in [-0.4, -0.2) is 14.1 Å². The quantitative estimate of drug-likeness (QED) is 0.124. The summed E-state index contributed by atoms with van der Waals surface area (Å²) in [6, 6.07) is 48.7. The zero-order valence-electron chi connectivity index (χ0n) is 28.6. The summed E-state index contributed by atoms with van der Waals surface area (Å²) < 4.78 is 12.8. The minimum atomic E-state index is -0.00516. The number of nitrogens with zero attached hydrogens (tertiary/aromatic N) is 4. The molecule has 5 aromatic carbocycles. The van der Waals surface area contributed by atoms with E-state index in [1.54, 1.807) is 0 Å². The Morgan fingerprint density at radius 1 is 0.700 bits per heavy atom. The largest absolute Gasteiger partial charge is 0.510 e. The number of aromatic nitrogens is 4. The Labute approximate surface area is 307 Å². The maximum absolute atomic E-state index is 6.46. The van der Waals surface area contributed by atoms with Crippen molar-refractivity contribution in [3.63, 3.8) is 0 Å². The van der Waals surface area contributed by atoms with E-state index in [0.29, 0.717) is 11.5 Å². The van der Waals surface area contributed by atoms with Gasteiger partial charge < -0.3 is 13.9 Å². The molecule has 0 aliphatic heterocycles. The van der Waals surface area contributed by atoms with Crippen LogP contribution < -0.4 is 9.30 Å². The van der Waals surface area contributed by atoms with Gasteiger partial charge >= 0.3 is 0 Å². The van der Waals surface area contributed by atoms with Gasteiger partial charge in [-0.25, -0.2) is 4.98 Å². The van der Waals surface area contributed by atoms with E-state index in [1.807, 2.05) is 41.1 Å². The third-order valence-electron chi connectivity index (χ3n) is 9.22. The SMILES string of the molecule is Cc1c(C)[n+](-c2cccc(-c3ccccc3)c2)[c-]n1-c1[c-]c(Oc2[c-]c3c(cc2)c2ccccc2n3-c2cc(C(C)(C)C)ccn2)ccc1.[Pt]. The van der Waals surface area contributed by atoms with E-state index in [2.05, 4.69) is 153 Å². The summed E-state index contributed by atoms with van der Waals surface area (Å²) in [5, 5.41) is 2.24. The van der Waals surface area contributed by atoms with Crippen molar-refractivity contribution < 1.29 is 30.4 Å². The number of imidazole rings is 1. The third-order valence-corrected chi connectivity index (χ3v) is 9.22. The Kier molecular flexibility index (Phi) is 8.80. The van der Waals surface area contributed by atoms with E-state index in [9.17, 15) is 0 Å². The summed E-state index contributed by atoms with van der Waals surface area (Å²) in [6.07, 6.45) is 5.45. The molecule has 8 aromatic rings. The van der Waals surface area contributed by atoms with Crippen molar-refractivity contribution in [1.82, 2.24) is 14.1 Å². The Balaban J connectivity index is 0.00000392. The molecule has 0 saturated heterocycles. The molecule has 6 heteroatoms. The molecule has 0 spiro atoms. The Bertz CT molecular complexity index is 2490. The van der Waals surface area contributed by atoms with Crippen LogP contribution in [0.4, 0.5) is 0 Å². The van der Waals surface area contributed by atoms with Gasteiger partial charge in [-0.1, -0.05) is 87.0 Å². The zero-order chi connectivity index (χ0) is 33.7. The van der Waals surface area contributed by atoms with Crippen molar-refractivity contribution in [3.8, 4) is 39.8 Å². The van der Waals surface area contributed by atoms with Crippen molar-refractivity contribution >= 4 is 21.8 Å². The smallest absolute Gasteiger partial charge is 0.267 e. The predicted molar refractivity (Wildman–Crippen MR) is 196 cm³/mol. The van der Waals surface area contributed by atoms with E-state index >= 15 is 0 Å². The van der Waals surface area contributed by atoms with Crippen molar-refractivity contribution in [2.24, 2.45) is 0 Å². The van der Waals surface area contributed by atoms with Crippen LogP contribution in [0.5, 0.6) is 11.5 Å². The standard InChI is InChI=1S/C44H36N4O.Pt/c1-30-31(2)47(29-46(30)35-16-11-15-33(25-35)32-13-7-6-8-14-32)36-17-12-18-37(27-36)49-38-21-22-40-39-19-9-10-20-41(39)48(42(40)28-38)43-26-34(23-24-45-43)44(3,4)5;/h6-26H,1-5H3;/q-2;. The topological polar surface area (TPSA) is 35.9 Å². The molecular weight excluding hydrogens is 796 g/mol. The number of fused-ring (bicyclic) bond motifs is 3. The minimum absolute atomic E-state index is 0. The van der Waals surface area contributed by atoms with Crippen LogP contribution in [-0.2, 0) is 26.5 Å². The molecule has 0 amide bonds. The van der Waals surface area contributed by atoms with Crippen molar-refractivity contribution in [1.29, 1.82) is 0 Å². The molecule has 50 heavy (non-hydrogen) atoms. The molecule has 0 unspecified atom stereocenters. The van der Waals surface area contributed by atoms with E-state index in [4.69, 9.17) is 9.72 Å². The average molecular weight is 832 g/mol. The molecule has 5 nitrogen and oxygen atoms in total. The maximum Gasteiger partial charge on any atom is 0.267 e. The van der Waals surface area contributed by atoms with Gasteiger partial charge in [-0.2, -0.15) is 18.2 Å². The molecule has 8 rings (SSSR count). The molecule has 0 radical (unpaired) electrons. The van der Waals surface area contributed by atoms with Crippen LogP contribution >= 0.6 is 0 Å². The van der Waals surface area contributed by atoms with Gasteiger partial charge in [0.05, 0.1) is 11.4 Å². The van der Waals surface area contributed by atoms with Gasteiger partial charge in [0.25, 0.3) is 6.33 Å². The first-order valence-electron chi connectivity index (χ1n) is 16.6. The van der Waals surface area contributed by atoms with Gasteiger partial charge in [0, 0.05) is 50.0 Å². The van der Waals surface area contributed by atoms with Gasteiger partial charge in [-0.15, -0.1) is 29.7 Å². The van der Waals surface area contributed by atoms with Crippen molar-refractivity contribution in [3.05, 3.63) is 163 Å². The fourth-order valence-electron chi connectivity index (χ4n) is 6.44. The fourth-order valence-corrected chi connectivity index (χ4v) is 6.44. The normalized spacial score (nSPS) is 11.5. The minimum Gasteiger partial charge on any atom is -0.510 e. The Morgan fingerprint density at radius 3 is 2.26 bits per heavy atom. The monoisotopic (exact) mass is 831 g/mol. The van der Waals surface area contributed by atoms with Gasteiger partial charge in [0.2, 0.25) is 0 Å².